The standard InChI is InChI=1S/C40H25NO2/c1-3-13-27(14-4-1)41(28-15-5-2-6-16-28)29-22-23-32-35-24-26-12-7-8-17-30(26)38(40(35)43-37(32)25-29)34-20-11-19-33-31-18-9-10-21-36(31)42-39(33)34/h1-25H. The lowest BCUT2D eigenvalue weighted by Gasteiger charge is -2.25. The first-order chi connectivity index (χ1) is 21.3. The predicted octanol–water partition coefficient (Wildman–Crippen LogP) is 11.8. The Hall–Kier alpha value is -5.80. The molecule has 2 heterocycles. The van der Waals surface area contributed by atoms with Crippen molar-refractivity contribution >= 4 is 71.7 Å². The summed E-state index contributed by atoms with van der Waals surface area (Å²) < 4.78 is 13.4. The fourth-order valence-electron chi connectivity index (χ4n) is 6.51. The van der Waals surface area contributed by atoms with E-state index in [1.165, 1.54) is 5.39 Å². The van der Waals surface area contributed by atoms with Crippen LogP contribution >= 0.6 is 0 Å². The zero-order valence-corrected chi connectivity index (χ0v) is 23.2. The van der Waals surface area contributed by atoms with Crippen molar-refractivity contribution in [3.8, 4) is 11.1 Å². The molecule has 0 saturated heterocycles. The van der Waals surface area contributed by atoms with Gasteiger partial charge in [-0.2, -0.15) is 0 Å². The van der Waals surface area contributed by atoms with Crippen LogP contribution in [0.2, 0.25) is 0 Å². The predicted molar refractivity (Wildman–Crippen MR) is 179 cm³/mol. The minimum atomic E-state index is 0.845. The van der Waals surface area contributed by atoms with Crippen LogP contribution in [0.25, 0.3) is 65.8 Å². The van der Waals surface area contributed by atoms with Crippen molar-refractivity contribution in [3.05, 3.63) is 152 Å². The van der Waals surface area contributed by atoms with Gasteiger partial charge in [0.1, 0.15) is 22.3 Å². The van der Waals surface area contributed by atoms with Crippen LogP contribution in [0.5, 0.6) is 0 Å². The van der Waals surface area contributed by atoms with Gasteiger partial charge in [0.15, 0.2) is 0 Å². The normalized spacial score (nSPS) is 11.7. The average Bonchev–Trinajstić information content (AvgIpc) is 3.63. The van der Waals surface area contributed by atoms with E-state index in [0.717, 1.165) is 77.5 Å². The Labute approximate surface area is 247 Å². The number of para-hydroxylation sites is 4. The molecule has 43 heavy (non-hydrogen) atoms. The molecule has 0 unspecified atom stereocenters. The molecule has 7 aromatic carbocycles. The minimum Gasteiger partial charge on any atom is -0.455 e. The summed E-state index contributed by atoms with van der Waals surface area (Å²) in [6.07, 6.45) is 0. The summed E-state index contributed by atoms with van der Waals surface area (Å²) in [5.41, 5.74) is 8.78. The Kier molecular flexibility index (Phi) is 5.20. The van der Waals surface area contributed by atoms with Crippen molar-refractivity contribution in [2.24, 2.45) is 0 Å². The Bertz CT molecular complexity index is 2410. The fraction of sp³-hybridized carbons (Fsp3) is 0. The molecule has 3 heteroatoms. The zero-order valence-electron chi connectivity index (χ0n) is 23.2. The summed E-state index contributed by atoms with van der Waals surface area (Å²) in [7, 11) is 0. The van der Waals surface area contributed by atoms with E-state index < -0.39 is 0 Å². The van der Waals surface area contributed by atoms with Gasteiger partial charge in [-0.15, -0.1) is 0 Å². The maximum atomic E-state index is 6.86. The van der Waals surface area contributed by atoms with E-state index in [0.29, 0.717) is 0 Å². The highest BCUT2D eigenvalue weighted by molar-refractivity contribution is 6.22. The third kappa shape index (κ3) is 3.68. The molecular formula is C40H25NO2. The summed E-state index contributed by atoms with van der Waals surface area (Å²) in [5.74, 6) is 0. The number of furan rings is 2. The molecule has 0 aliphatic rings. The monoisotopic (exact) mass is 551 g/mol. The van der Waals surface area contributed by atoms with Gasteiger partial charge >= 0.3 is 0 Å². The van der Waals surface area contributed by atoms with Crippen LogP contribution in [-0.2, 0) is 0 Å². The van der Waals surface area contributed by atoms with Gasteiger partial charge in [0, 0.05) is 55.8 Å². The van der Waals surface area contributed by atoms with Crippen molar-refractivity contribution in [1.82, 2.24) is 0 Å². The van der Waals surface area contributed by atoms with Gasteiger partial charge in [-0.3, -0.25) is 0 Å². The van der Waals surface area contributed by atoms with Crippen molar-refractivity contribution < 1.29 is 8.83 Å². The average molecular weight is 552 g/mol. The van der Waals surface area contributed by atoms with Gasteiger partial charge in [-0.25, -0.2) is 0 Å². The third-order valence-corrected chi connectivity index (χ3v) is 8.43. The molecule has 0 bridgehead atoms. The maximum absolute atomic E-state index is 6.86. The molecule has 9 rings (SSSR count). The summed E-state index contributed by atoms with van der Waals surface area (Å²) in [6.45, 7) is 0. The summed E-state index contributed by atoms with van der Waals surface area (Å²) in [5, 5.41) is 6.71. The van der Waals surface area contributed by atoms with E-state index in [-0.39, 0.29) is 0 Å². The number of rotatable bonds is 4. The van der Waals surface area contributed by atoms with E-state index in [4.69, 9.17) is 8.83 Å². The fourth-order valence-corrected chi connectivity index (χ4v) is 6.51. The van der Waals surface area contributed by atoms with E-state index in [1.54, 1.807) is 0 Å². The largest absolute Gasteiger partial charge is 0.455 e. The van der Waals surface area contributed by atoms with Crippen LogP contribution in [0, 0.1) is 0 Å². The summed E-state index contributed by atoms with van der Waals surface area (Å²) in [6, 6.07) is 52.9. The second-order valence-electron chi connectivity index (χ2n) is 10.9. The Balaban J connectivity index is 1.33. The lowest BCUT2D eigenvalue weighted by Crippen LogP contribution is -2.09. The number of benzene rings is 7. The number of hydrogen-bond acceptors (Lipinski definition) is 3. The van der Waals surface area contributed by atoms with Crippen molar-refractivity contribution in [2.75, 3.05) is 4.90 Å². The summed E-state index contributed by atoms with van der Waals surface area (Å²) >= 11 is 0. The van der Waals surface area contributed by atoms with Crippen molar-refractivity contribution in [3.63, 3.8) is 0 Å². The van der Waals surface area contributed by atoms with Gasteiger partial charge < -0.3 is 13.7 Å². The second kappa shape index (κ2) is 9.37. The Morgan fingerprint density at radius 2 is 1.00 bits per heavy atom. The molecule has 0 aliphatic heterocycles. The van der Waals surface area contributed by atoms with Gasteiger partial charge in [0.05, 0.1) is 0 Å². The topological polar surface area (TPSA) is 29.5 Å². The van der Waals surface area contributed by atoms with E-state index in [9.17, 15) is 0 Å². The molecule has 0 atom stereocenters. The van der Waals surface area contributed by atoms with Gasteiger partial charge in [-0.05, 0) is 59.3 Å². The lowest BCUT2D eigenvalue weighted by molar-refractivity contribution is 0.665. The van der Waals surface area contributed by atoms with Crippen molar-refractivity contribution in [2.45, 2.75) is 0 Å². The first-order valence-electron chi connectivity index (χ1n) is 14.5. The van der Waals surface area contributed by atoms with E-state index in [2.05, 4.69) is 132 Å². The highest BCUT2D eigenvalue weighted by Crippen LogP contribution is 2.46. The molecule has 3 nitrogen and oxygen atoms in total. The number of fused-ring (bicyclic) bond motifs is 7. The molecule has 0 spiro atoms. The SMILES string of the molecule is c1ccc(N(c2ccccc2)c2ccc3c(c2)oc2c(-c4cccc5c4oc4ccccc45)c4ccccc4cc23)cc1. The lowest BCUT2D eigenvalue weighted by atomic mass is 9.94. The molecule has 0 amide bonds. The summed E-state index contributed by atoms with van der Waals surface area (Å²) in [4.78, 5) is 2.26. The molecule has 2 aromatic heterocycles. The van der Waals surface area contributed by atoms with Crippen LogP contribution in [-0.4, -0.2) is 0 Å². The Morgan fingerprint density at radius 1 is 0.372 bits per heavy atom. The quantitative estimate of drug-likeness (QED) is 0.218. The molecular weight excluding hydrogens is 526 g/mol. The molecule has 9 aromatic rings. The first-order valence-corrected chi connectivity index (χ1v) is 14.5. The third-order valence-electron chi connectivity index (χ3n) is 8.43. The van der Waals surface area contributed by atoms with Crippen LogP contribution in [0.3, 0.4) is 0 Å². The highest BCUT2D eigenvalue weighted by atomic mass is 16.3. The van der Waals surface area contributed by atoms with Crippen LogP contribution < -0.4 is 4.90 Å². The second-order valence-corrected chi connectivity index (χ2v) is 10.9. The Morgan fingerprint density at radius 3 is 1.79 bits per heavy atom. The smallest absolute Gasteiger partial charge is 0.144 e. The van der Waals surface area contributed by atoms with Crippen molar-refractivity contribution in [1.29, 1.82) is 0 Å². The highest BCUT2D eigenvalue weighted by Gasteiger charge is 2.21. The molecule has 0 aliphatic carbocycles. The van der Waals surface area contributed by atoms with E-state index >= 15 is 0 Å². The first kappa shape index (κ1) is 23.9. The van der Waals surface area contributed by atoms with Crippen LogP contribution in [0.1, 0.15) is 0 Å². The number of hydrogen-bond donors (Lipinski definition) is 0. The number of nitrogens with zero attached hydrogens (tertiary/aromatic N) is 1. The van der Waals surface area contributed by atoms with Crippen LogP contribution in [0.15, 0.2) is 160 Å². The van der Waals surface area contributed by atoms with Gasteiger partial charge in [0.2, 0.25) is 0 Å². The zero-order chi connectivity index (χ0) is 28.3. The molecule has 0 N–H and O–H groups in total. The molecule has 202 valence electrons. The molecule has 0 radical (unpaired) electrons. The molecule has 0 fully saturated rings. The maximum Gasteiger partial charge on any atom is 0.144 e. The molecule has 0 saturated carbocycles. The van der Waals surface area contributed by atoms with Gasteiger partial charge in [-0.1, -0.05) is 97.1 Å². The minimum absolute atomic E-state index is 0.845. The van der Waals surface area contributed by atoms with Gasteiger partial charge in [0.25, 0.3) is 0 Å². The number of anilines is 3. The van der Waals surface area contributed by atoms with E-state index in [1.807, 2.05) is 24.3 Å². The van der Waals surface area contributed by atoms with Crippen LogP contribution in [0.4, 0.5) is 17.1 Å².